The summed E-state index contributed by atoms with van der Waals surface area (Å²) in [4.78, 5) is 35.2. The second-order valence-electron chi connectivity index (χ2n) is 6.25. The first-order chi connectivity index (χ1) is 13.8. The summed E-state index contributed by atoms with van der Waals surface area (Å²) in [6.07, 6.45) is 0.479. The minimum atomic E-state index is -1.82. The number of rotatable bonds is 7. The molecule has 1 aromatic carbocycles. The van der Waals surface area contributed by atoms with Crippen LogP contribution in [0.4, 0.5) is 5.69 Å². The maximum absolute atomic E-state index is 12.2. The van der Waals surface area contributed by atoms with Crippen molar-refractivity contribution in [1.82, 2.24) is 9.80 Å². The van der Waals surface area contributed by atoms with Crippen LogP contribution in [0, 0.1) is 0 Å². The van der Waals surface area contributed by atoms with Crippen LogP contribution < -0.4 is 14.8 Å². The fourth-order valence-corrected chi connectivity index (χ4v) is 2.71. The third-order valence-electron chi connectivity index (χ3n) is 4.43. The van der Waals surface area contributed by atoms with Gasteiger partial charge in [0.05, 0.1) is 19.9 Å². The summed E-state index contributed by atoms with van der Waals surface area (Å²) >= 11 is 0. The lowest BCUT2D eigenvalue weighted by molar-refractivity contribution is -0.159. The number of anilines is 1. The third-order valence-corrected chi connectivity index (χ3v) is 4.43. The topological polar surface area (TPSA) is 129 Å². The Balaban J connectivity index is 0.000000612. The van der Waals surface area contributed by atoms with Crippen LogP contribution in [0.3, 0.4) is 0 Å². The van der Waals surface area contributed by atoms with Gasteiger partial charge in [-0.2, -0.15) is 0 Å². The molecule has 0 saturated carbocycles. The maximum Gasteiger partial charge on any atom is 0.414 e. The SMILES string of the molecule is CCN1CCN(CCC(=O)Nc2cc(OC)ccc2OC)CC1.O=C(O)C(=O)O. The average molecular weight is 411 g/mol. The number of carbonyl (C=O) groups is 3. The summed E-state index contributed by atoms with van der Waals surface area (Å²) < 4.78 is 10.5. The van der Waals surface area contributed by atoms with Gasteiger partial charge in [-0.25, -0.2) is 9.59 Å². The van der Waals surface area contributed by atoms with Crippen molar-refractivity contribution in [2.75, 3.05) is 58.8 Å². The number of carbonyl (C=O) groups excluding carboxylic acids is 1. The summed E-state index contributed by atoms with van der Waals surface area (Å²) in [7, 11) is 3.19. The van der Waals surface area contributed by atoms with Crippen LogP contribution in [0.15, 0.2) is 18.2 Å². The molecular weight excluding hydrogens is 382 g/mol. The lowest BCUT2D eigenvalue weighted by Crippen LogP contribution is -2.46. The van der Waals surface area contributed by atoms with Gasteiger partial charge < -0.3 is 34.8 Å². The van der Waals surface area contributed by atoms with E-state index < -0.39 is 11.9 Å². The number of hydrogen-bond donors (Lipinski definition) is 3. The number of hydrogen-bond acceptors (Lipinski definition) is 7. The van der Waals surface area contributed by atoms with Crippen molar-refractivity contribution in [3.8, 4) is 11.5 Å². The zero-order valence-corrected chi connectivity index (χ0v) is 17.0. The highest BCUT2D eigenvalue weighted by molar-refractivity contribution is 6.27. The third kappa shape index (κ3) is 8.79. The van der Waals surface area contributed by atoms with E-state index in [4.69, 9.17) is 29.3 Å². The van der Waals surface area contributed by atoms with Gasteiger partial charge in [-0.15, -0.1) is 0 Å². The molecule has 10 heteroatoms. The number of methoxy groups -OCH3 is 2. The van der Waals surface area contributed by atoms with E-state index in [9.17, 15) is 4.79 Å². The summed E-state index contributed by atoms with van der Waals surface area (Å²) in [5.74, 6) is -2.33. The number of carboxylic acid groups (broad SMARTS) is 2. The molecule has 0 atom stereocenters. The van der Waals surface area contributed by atoms with Gasteiger partial charge in [-0.3, -0.25) is 4.79 Å². The van der Waals surface area contributed by atoms with E-state index in [1.165, 1.54) is 0 Å². The molecule has 0 aromatic heterocycles. The minimum absolute atomic E-state index is 0.00512. The van der Waals surface area contributed by atoms with Gasteiger partial charge in [0.1, 0.15) is 11.5 Å². The molecule has 0 spiro atoms. The quantitative estimate of drug-likeness (QED) is 0.559. The number of ether oxygens (including phenoxy) is 2. The molecule has 1 saturated heterocycles. The van der Waals surface area contributed by atoms with Gasteiger partial charge in [0, 0.05) is 45.2 Å². The van der Waals surface area contributed by atoms with Crippen LogP contribution in [0.1, 0.15) is 13.3 Å². The minimum Gasteiger partial charge on any atom is -0.497 e. The van der Waals surface area contributed by atoms with Crippen LogP contribution in [-0.2, 0) is 14.4 Å². The number of likely N-dealkylation sites (N-methyl/N-ethyl adjacent to an activating group) is 1. The number of carboxylic acids is 2. The summed E-state index contributed by atoms with van der Waals surface area (Å²) in [6, 6.07) is 5.37. The Morgan fingerprint density at radius 3 is 2.07 bits per heavy atom. The van der Waals surface area contributed by atoms with E-state index in [-0.39, 0.29) is 5.91 Å². The Bertz CT molecular complexity index is 676. The van der Waals surface area contributed by atoms with Gasteiger partial charge in [0.15, 0.2) is 0 Å². The molecule has 0 bridgehead atoms. The van der Waals surface area contributed by atoms with E-state index in [0.29, 0.717) is 23.6 Å². The maximum atomic E-state index is 12.2. The van der Waals surface area contributed by atoms with Crippen molar-refractivity contribution in [2.45, 2.75) is 13.3 Å². The average Bonchev–Trinajstić information content (AvgIpc) is 2.72. The fourth-order valence-electron chi connectivity index (χ4n) is 2.71. The molecule has 29 heavy (non-hydrogen) atoms. The van der Waals surface area contributed by atoms with Crippen molar-refractivity contribution in [3.63, 3.8) is 0 Å². The molecule has 10 nitrogen and oxygen atoms in total. The molecule has 1 aliphatic heterocycles. The molecule has 1 aliphatic rings. The summed E-state index contributed by atoms with van der Waals surface area (Å²) in [5, 5.41) is 17.7. The molecule has 1 aromatic rings. The molecule has 1 heterocycles. The van der Waals surface area contributed by atoms with E-state index in [1.54, 1.807) is 26.4 Å². The van der Waals surface area contributed by atoms with Crippen LogP contribution in [0.25, 0.3) is 0 Å². The molecule has 0 radical (unpaired) electrons. The Labute approximate surface area is 170 Å². The van der Waals surface area contributed by atoms with Gasteiger partial charge in [-0.1, -0.05) is 6.92 Å². The highest BCUT2D eigenvalue weighted by Gasteiger charge is 2.16. The van der Waals surface area contributed by atoms with Crippen molar-refractivity contribution < 1.29 is 34.1 Å². The first-order valence-electron chi connectivity index (χ1n) is 9.23. The lowest BCUT2D eigenvalue weighted by Gasteiger charge is -2.33. The summed E-state index contributed by atoms with van der Waals surface area (Å²) in [6.45, 7) is 8.31. The second kappa shape index (κ2) is 12.6. The fraction of sp³-hybridized carbons (Fsp3) is 0.526. The van der Waals surface area contributed by atoms with Crippen molar-refractivity contribution >= 4 is 23.5 Å². The molecule has 1 amide bonds. The highest BCUT2D eigenvalue weighted by Crippen LogP contribution is 2.28. The van der Waals surface area contributed by atoms with Crippen LogP contribution in [0.5, 0.6) is 11.5 Å². The number of benzene rings is 1. The van der Waals surface area contributed by atoms with Gasteiger partial charge >= 0.3 is 11.9 Å². The predicted octanol–water partition coefficient (Wildman–Crippen LogP) is 0.826. The van der Waals surface area contributed by atoms with Crippen LogP contribution >= 0.6 is 0 Å². The van der Waals surface area contributed by atoms with Crippen molar-refractivity contribution in [2.24, 2.45) is 0 Å². The molecule has 2 rings (SSSR count). The normalized spacial score (nSPS) is 14.3. The Morgan fingerprint density at radius 2 is 1.59 bits per heavy atom. The summed E-state index contributed by atoms with van der Waals surface area (Å²) in [5.41, 5.74) is 0.646. The van der Waals surface area contributed by atoms with Gasteiger partial charge in [0.25, 0.3) is 0 Å². The number of nitrogens with zero attached hydrogens (tertiary/aromatic N) is 2. The zero-order valence-electron chi connectivity index (χ0n) is 17.0. The van der Waals surface area contributed by atoms with E-state index in [0.717, 1.165) is 39.3 Å². The molecular formula is C19H29N3O7. The number of amides is 1. The smallest absolute Gasteiger partial charge is 0.414 e. The molecule has 1 fully saturated rings. The Kier molecular flexibility index (Phi) is 10.5. The van der Waals surface area contributed by atoms with Crippen LogP contribution in [0.2, 0.25) is 0 Å². The second-order valence-corrected chi connectivity index (χ2v) is 6.25. The first-order valence-corrected chi connectivity index (χ1v) is 9.23. The highest BCUT2D eigenvalue weighted by atomic mass is 16.5. The zero-order chi connectivity index (χ0) is 21.8. The number of aliphatic carboxylic acids is 2. The van der Waals surface area contributed by atoms with Crippen LogP contribution in [-0.4, -0.2) is 91.3 Å². The molecule has 162 valence electrons. The Morgan fingerprint density at radius 1 is 1.00 bits per heavy atom. The molecule has 3 N–H and O–H groups in total. The van der Waals surface area contributed by atoms with E-state index >= 15 is 0 Å². The predicted molar refractivity (Wildman–Crippen MR) is 107 cm³/mol. The molecule has 0 unspecified atom stereocenters. The standard InChI is InChI=1S/C17H27N3O3.C2H2O4/c1-4-19-9-11-20(12-10-19)8-7-17(21)18-15-13-14(22-2)5-6-16(15)23-3;3-1(4)2(5)6/h5-6,13H,4,7-12H2,1-3H3,(H,18,21);(H,3,4)(H,5,6). The lowest BCUT2D eigenvalue weighted by atomic mass is 10.2. The van der Waals surface area contributed by atoms with Crippen molar-refractivity contribution in [1.29, 1.82) is 0 Å². The number of piperazine rings is 1. The van der Waals surface area contributed by atoms with Gasteiger partial charge in [-0.05, 0) is 18.7 Å². The van der Waals surface area contributed by atoms with Gasteiger partial charge in [0.2, 0.25) is 5.91 Å². The first kappa shape index (κ1) is 24.2. The number of nitrogens with one attached hydrogen (secondary N) is 1. The Hall–Kier alpha value is -2.85. The largest absolute Gasteiger partial charge is 0.497 e. The van der Waals surface area contributed by atoms with Crippen molar-refractivity contribution in [3.05, 3.63) is 18.2 Å². The van der Waals surface area contributed by atoms with E-state index in [2.05, 4.69) is 22.0 Å². The van der Waals surface area contributed by atoms with E-state index in [1.807, 2.05) is 6.07 Å². The molecule has 0 aliphatic carbocycles. The monoisotopic (exact) mass is 411 g/mol.